The van der Waals surface area contributed by atoms with Crippen molar-refractivity contribution in [3.63, 3.8) is 0 Å². The largest absolute Gasteiger partial charge is 0.455 e. The molecule has 30 heavy (non-hydrogen) atoms. The zero-order chi connectivity index (χ0) is 22.5. The van der Waals surface area contributed by atoms with Gasteiger partial charge in [-0.2, -0.15) is 0 Å². The molecule has 0 bridgehead atoms. The minimum Gasteiger partial charge on any atom is -0.455 e. The average molecular weight is 419 g/mol. The Kier molecular flexibility index (Phi) is 7.54. The normalized spacial score (nSPS) is 28.1. The van der Waals surface area contributed by atoms with Crippen molar-refractivity contribution in [1.82, 2.24) is 0 Å². The van der Waals surface area contributed by atoms with Gasteiger partial charge in [0.15, 0.2) is 6.10 Å². The highest BCUT2D eigenvalue weighted by atomic mass is 16.8. The molecule has 9 heteroatoms. The number of carbonyl (C=O) groups excluding carboxylic acids is 3. The molecular weight excluding hydrogens is 394 g/mol. The zero-order valence-electron chi connectivity index (χ0n) is 17.3. The van der Waals surface area contributed by atoms with Gasteiger partial charge in [0.1, 0.15) is 6.10 Å². The summed E-state index contributed by atoms with van der Waals surface area (Å²) in [5.41, 5.74) is 1.20. The smallest absolute Gasteiger partial charge is 0.305 e. The molecule has 0 unspecified atom stereocenters. The summed E-state index contributed by atoms with van der Waals surface area (Å²) in [4.78, 5) is 38.8. The highest BCUT2D eigenvalue weighted by Crippen LogP contribution is 2.42. The Morgan fingerprint density at radius 2 is 1.70 bits per heavy atom. The molecule has 1 aliphatic heterocycles. The van der Waals surface area contributed by atoms with E-state index in [-0.39, 0.29) is 0 Å². The highest BCUT2D eigenvalue weighted by molar-refractivity contribution is 5.69. The van der Waals surface area contributed by atoms with Gasteiger partial charge in [0.25, 0.3) is 5.79 Å². The molecule has 0 aromatic heterocycles. The number of hydrogen-bond donors (Lipinski definition) is 1. The molecule has 2 rings (SSSR count). The maximum Gasteiger partial charge on any atom is 0.305 e. The maximum absolute atomic E-state index is 12.0. The van der Waals surface area contributed by atoms with E-state index >= 15 is 0 Å². The van der Waals surface area contributed by atoms with E-state index in [4.69, 9.17) is 25.5 Å². The fourth-order valence-electron chi connectivity index (χ4n) is 3.40. The Labute approximate surface area is 174 Å². The third-order valence-corrected chi connectivity index (χ3v) is 4.61. The molecule has 1 saturated heterocycles. The fourth-order valence-corrected chi connectivity index (χ4v) is 3.40. The average Bonchev–Trinajstić information content (AvgIpc) is 2.66. The van der Waals surface area contributed by atoms with Crippen LogP contribution in [0.15, 0.2) is 24.3 Å². The number of hydrogen-bond acceptors (Lipinski definition) is 8. The molecule has 0 radical (unpaired) electrons. The Morgan fingerprint density at radius 3 is 2.20 bits per heavy atom. The Balaban J connectivity index is 2.61. The van der Waals surface area contributed by atoms with Crippen molar-refractivity contribution < 1.29 is 38.4 Å². The number of carbonyl (C=O) groups is 3. The first kappa shape index (κ1) is 23.3. The number of ether oxygens (including phenoxy) is 4. The summed E-state index contributed by atoms with van der Waals surface area (Å²) < 4.78 is 22.1. The van der Waals surface area contributed by atoms with Gasteiger partial charge >= 0.3 is 17.9 Å². The maximum atomic E-state index is 12.0. The molecule has 1 aliphatic rings. The molecule has 0 aliphatic carbocycles. The summed E-state index contributed by atoms with van der Waals surface area (Å²) in [7, 11) is 0. The van der Waals surface area contributed by atoms with Crippen molar-refractivity contribution in [2.45, 2.75) is 64.3 Å². The van der Waals surface area contributed by atoms with E-state index in [0.29, 0.717) is 18.5 Å². The lowest BCUT2D eigenvalue weighted by atomic mass is 9.87. The van der Waals surface area contributed by atoms with Crippen molar-refractivity contribution in [2.75, 3.05) is 6.54 Å². The van der Waals surface area contributed by atoms with Gasteiger partial charge in [0.2, 0.25) is 12.6 Å². The quantitative estimate of drug-likeness (QED) is 0.419. The van der Waals surface area contributed by atoms with Crippen LogP contribution < -0.4 is 0 Å². The molecule has 1 fully saturated rings. The standard InChI is InChI=1S/C21H25NO8/c1-12-18(26)19(27-13(2)23)20(28-14(3)24)21(29-12,30-15(4)25)17-8-6-16(7-9-17)10-11-22-5/h6-9,12,18-20,26H,10-11H2,1-4H3/t12-,18-,19+,20+,21-/m0/s1. The first-order valence-corrected chi connectivity index (χ1v) is 9.43. The minimum atomic E-state index is -1.95. The third-order valence-electron chi connectivity index (χ3n) is 4.61. The summed E-state index contributed by atoms with van der Waals surface area (Å²) >= 11 is 0. The summed E-state index contributed by atoms with van der Waals surface area (Å²) in [6.45, 7) is 12.2. The second-order valence-electron chi connectivity index (χ2n) is 7.01. The van der Waals surface area contributed by atoms with E-state index in [1.54, 1.807) is 24.3 Å². The molecule has 1 aromatic rings. The van der Waals surface area contributed by atoms with Crippen molar-refractivity contribution in [3.8, 4) is 0 Å². The Morgan fingerprint density at radius 1 is 1.10 bits per heavy atom. The van der Waals surface area contributed by atoms with E-state index in [9.17, 15) is 19.5 Å². The van der Waals surface area contributed by atoms with E-state index in [1.807, 2.05) is 0 Å². The van der Waals surface area contributed by atoms with Gasteiger partial charge in [-0.05, 0) is 12.5 Å². The molecule has 1 heterocycles. The SMILES string of the molecule is [C-]#[N+]CCc1ccc([C@@]2(OC(C)=O)O[C@@H](C)[C@H](O)[C@@H](OC(C)=O)[C@H]2OC(C)=O)cc1. The van der Waals surface area contributed by atoms with Gasteiger partial charge < -0.3 is 28.9 Å². The van der Waals surface area contributed by atoms with Crippen molar-refractivity contribution in [3.05, 3.63) is 46.8 Å². The van der Waals surface area contributed by atoms with Gasteiger partial charge in [0.05, 0.1) is 6.10 Å². The molecule has 162 valence electrons. The number of benzene rings is 1. The predicted molar refractivity (Wildman–Crippen MR) is 103 cm³/mol. The van der Waals surface area contributed by atoms with Crippen LogP contribution in [-0.2, 0) is 45.5 Å². The monoisotopic (exact) mass is 419 g/mol. The second kappa shape index (κ2) is 9.69. The lowest BCUT2D eigenvalue weighted by Crippen LogP contribution is -2.65. The van der Waals surface area contributed by atoms with Crippen LogP contribution in [0.2, 0.25) is 0 Å². The van der Waals surface area contributed by atoms with Crippen molar-refractivity contribution >= 4 is 17.9 Å². The first-order chi connectivity index (χ1) is 14.1. The van der Waals surface area contributed by atoms with Crippen LogP contribution in [0.5, 0.6) is 0 Å². The molecule has 1 aromatic carbocycles. The summed E-state index contributed by atoms with van der Waals surface area (Å²) in [6, 6.07) is 6.70. The molecule has 0 saturated carbocycles. The van der Waals surface area contributed by atoms with Gasteiger partial charge in [-0.3, -0.25) is 14.4 Å². The molecular formula is C21H25NO8. The van der Waals surface area contributed by atoms with Gasteiger partial charge in [-0.15, -0.1) is 0 Å². The molecule has 5 atom stereocenters. The Bertz CT molecular complexity index is 830. The topological polar surface area (TPSA) is 113 Å². The molecule has 1 N–H and O–H groups in total. The highest BCUT2D eigenvalue weighted by Gasteiger charge is 2.60. The van der Waals surface area contributed by atoms with Crippen LogP contribution in [-0.4, -0.2) is 54.0 Å². The molecule has 0 spiro atoms. The van der Waals surface area contributed by atoms with Gasteiger partial charge in [-0.1, -0.05) is 24.3 Å². The van der Waals surface area contributed by atoms with Crippen molar-refractivity contribution in [2.24, 2.45) is 0 Å². The second-order valence-corrected chi connectivity index (χ2v) is 7.01. The lowest BCUT2D eigenvalue weighted by Gasteiger charge is -2.49. The van der Waals surface area contributed by atoms with Crippen molar-refractivity contribution in [1.29, 1.82) is 0 Å². The summed E-state index contributed by atoms with van der Waals surface area (Å²) in [5.74, 6) is -4.13. The third kappa shape index (κ3) is 5.14. The fraction of sp³-hybridized carbons (Fsp3) is 0.524. The van der Waals surface area contributed by atoms with E-state index in [2.05, 4.69) is 4.85 Å². The first-order valence-electron chi connectivity index (χ1n) is 9.43. The number of esters is 3. The summed E-state index contributed by atoms with van der Waals surface area (Å²) in [6.07, 6.45) is -4.52. The number of aliphatic hydroxyl groups excluding tert-OH is 1. The van der Waals surface area contributed by atoms with E-state index in [0.717, 1.165) is 26.3 Å². The number of nitrogens with zero attached hydrogens (tertiary/aromatic N) is 1. The Hall–Kier alpha value is -2.96. The molecule has 0 amide bonds. The van der Waals surface area contributed by atoms with Crippen LogP contribution in [0, 0.1) is 6.57 Å². The molecule has 9 nitrogen and oxygen atoms in total. The van der Waals surface area contributed by atoms with Gasteiger partial charge in [-0.25, -0.2) is 6.57 Å². The van der Waals surface area contributed by atoms with Gasteiger partial charge in [0, 0.05) is 32.8 Å². The number of aliphatic hydroxyl groups is 1. The lowest BCUT2D eigenvalue weighted by molar-refractivity contribution is -0.355. The van der Waals surface area contributed by atoms with Crippen LogP contribution in [0.3, 0.4) is 0 Å². The zero-order valence-corrected chi connectivity index (χ0v) is 17.3. The van der Waals surface area contributed by atoms with E-state index < -0.39 is 48.1 Å². The predicted octanol–water partition coefficient (Wildman–Crippen LogP) is 1.51. The number of rotatable bonds is 6. The van der Waals surface area contributed by atoms with Crippen LogP contribution >= 0.6 is 0 Å². The van der Waals surface area contributed by atoms with Crippen LogP contribution in [0.1, 0.15) is 38.8 Å². The minimum absolute atomic E-state index is 0.318. The summed E-state index contributed by atoms with van der Waals surface area (Å²) in [5, 5.41) is 10.6. The van der Waals surface area contributed by atoms with Crippen LogP contribution in [0.25, 0.3) is 4.85 Å². The van der Waals surface area contributed by atoms with Crippen LogP contribution in [0.4, 0.5) is 0 Å². The van der Waals surface area contributed by atoms with E-state index in [1.165, 1.54) is 6.92 Å².